The van der Waals surface area contributed by atoms with E-state index in [2.05, 4.69) is 10.3 Å². The average molecular weight is 414 g/mol. The van der Waals surface area contributed by atoms with Gasteiger partial charge in [-0.15, -0.1) is 0 Å². The number of pyridine rings is 1. The molecule has 0 aliphatic carbocycles. The van der Waals surface area contributed by atoms with Gasteiger partial charge in [-0.1, -0.05) is 30.3 Å². The zero-order valence-electron chi connectivity index (χ0n) is 17.0. The third kappa shape index (κ3) is 5.27. The van der Waals surface area contributed by atoms with Gasteiger partial charge in [-0.2, -0.15) is 0 Å². The molecule has 0 spiro atoms. The van der Waals surface area contributed by atoms with Crippen LogP contribution in [0.4, 0.5) is 0 Å². The Kier molecular flexibility index (Phi) is 7.24. The first kappa shape index (κ1) is 21.6. The lowest BCUT2D eigenvalue weighted by atomic mass is 9.92. The van der Waals surface area contributed by atoms with Crippen molar-refractivity contribution in [3.05, 3.63) is 53.9 Å². The van der Waals surface area contributed by atoms with E-state index >= 15 is 0 Å². The number of benzene rings is 1. The summed E-state index contributed by atoms with van der Waals surface area (Å²) in [6.45, 7) is 2.26. The Hall–Kier alpha value is -3.13. The number of cyclic esters (lactones) is 1. The van der Waals surface area contributed by atoms with Crippen LogP contribution in [-0.2, 0) is 20.7 Å². The maximum absolute atomic E-state index is 12.7. The highest BCUT2D eigenvalue weighted by Crippen LogP contribution is 2.27. The standard InChI is InChI=1S/C22H26N2O6/c1-14-16(12-15-6-4-3-5-7-15)9-11-29-13-17(22(27)30-14)24-21(26)19-20(25)18(28-2)8-10-23-19/h3-8,10,14,16-17,25H,9,11-13H2,1-2H3,(H,24,26)/t14-,16-,17-/m0/s1. The number of methoxy groups -OCH3 is 1. The smallest absolute Gasteiger partial charge is 0.331 e. The van der Waals surface area contributed by atoms with Gasteiger partial charge in [-0.3, -0.25) is 4.79 Å². The normalized spacial score (nSPS) is 22.2. The molecule has 1 aliphatic heterocycles. The molecule has 1 fully saturated rings. The van der Waals surface area contributed by atoms with Crippen molar-refractivity contribution in [2.45, 2.75) is 31.9 Å². The molecule has 30 heavy (non-hydrogen) atoms. The molecular formula is C22H26N2O6. The van der Waals surface area contributed by atoms with Crippen LogP contribution in [0.5, 0.6) is 11.5 Å². The van der Waals surface area contributed by atoms with Crippen molar-refractivity contribution < 1.29 is 28.9 Å². The Morgan fingerprint density at radius 2 is 2.07 bits per heavy atom. The Labute approximate surface area is 175 Å². The molecule has 1 aromatic carbocycles. The zero-order chi connectivity index (χ0) is 21.5. The van der Waals surface area contributed by atoms with E-state index in [4.69, 9.17) is 14.2 Å². The quantitative estimate of drug-likeness (QED) is 0.722. The molecule has 1 amide bonds. The molecule has 2 N–H and O–H groups in total. The number of esters is 1. The highest BCUT2D eigenvalue weighted by atomic mass is 16.6. The summed E-state index contributed by atoms with van der Waals surface area (Å²) in [7, 11) is 1.37. The number of ether oxygens (including phenoxy) is 3. The van der Waals surface area contributed by atoms with E-state index in [9.17, 15) is 14.7 Å². The van der Waals surface area contributed by atoms with Gasteiger partial charge >= 0.3 is 5.97 Å². The molecule has 1 aliphatic rings. The molecule has 0 saturated carbocycles. The SMILES string of the molecule is COc1ccnc(C(=O)N[C@H]2COCC[C@@H](Cc3ccccc3)[C@H](C)OC2=O)c1O. The van der Waals surface area contributed by atoms with Crippen LogP contribution in [0, 0.1) is 5.92 Å². The number of nitrogens with one attached hydrogen (secondary N) is 1. The molecule has 0 unspecified atom stereocenters. The van der Waals surface area contributed by atoms with E-state index < -0.39 is 23.7 Å². The summed E-state index contributed by atoms with van der Waals surface area (Å²) < 4.78 is 16.3. The molecule has 1 saturated heterocycles. The lowest BCUT2D eigenvalue weighted by molar-refractivity contribution is -0.153. The number of hydrogen-bond acceptors (Lipinski definition) is 7. The van der Waals surface area contributed by atoms with Crippen molar-refractivity contribution in [1.82, 2.24) is 10.3 Å². The second kappa shape index (κ2) is 10.1. The molecule has 8 heteroatoms. The highest BCUT2D eigenvalue weighted by molar-refractivity contribution is 5.98. The summed E-state index contributed by atoms with van der Waals surface area (Å²) in [5.74, 6) is -1.50. The highest BCUT2D eigenvalue weighted by Gasteiger charge is 2.31. The number of carbonyl (C=O) groups is 2. The van der Waals surface area contributed by atoms with E-state index in [0.717, 1.165) is 18.4 Å². The van der Waals surface area contributed by atoms with E-state index in [1.165, 1.54) is 19.4 Å². The van der Waals surface area contributed by atoms with Gasteiger partial charge in [0.1, 0.15) is 6.10 Å². The van der Waals surface area contributed by atoms with E-state index in [1.807, 2.05) is 37.3 Å². The van der Waals surface area contributed by atoms with Crippen LogP contribution in [0.2, 0.25) is 0 Å². The van der Waals surface area contributed by atoms with Crippen LogP contribution in [0.15, 0.2) is 42.6 Å². The molecule has 8 nitrogen and oxygen atoms in total. The number of aromatic nitrogens is 1. The van der Waals surface area contributed by atoms with Crippen molar-refractivity contribution in [3.63, 3.8) is 0 Å². The van der Waals surface area contributed by atoms with Crippen molar-refractivity contribution in [2.24, 2.45) is 5.92 Å². The minimum absolute atomic E-state index is 0.0277. The summed E-state index contributed by atoms with van der Waals surface area (Å²) in [5.41, 5.74) is 0.922. The minimum Gasteiger partial charge on any atom is -0.503 e. The summed E-state index contributed by atoms with van der Waals surface area (Å²) in [6, 6.07) is 10.4. The Bertz CT molecular complexity index is 873. The van der Waals surface area contributed by atoms with Gasteiger partial charge in [-0.25, -0.2) is 9.78 Å². The third-order valence-electron chi connectivity index (χ3n) is 5.14. The topological polar surface area (TPSA) is 107 Å². The maximum Gasteiger partial charge on any atom is 0.331 e. The fraction of sp³-hybridized carbons (Fsp3) is 0.409. The van der Waals surface area contributed by atoms with Crippen molar-refractivity contribution >= 4 is 11.9 Å². The van der Waals surface area contributed by atoms with Gasteiger partial charge in [0.15, 0.2) is 23.2 Å². The molecule has 0 bridgehead atoms. The van der Waals surface area contributed by atoms with Crippen LogP contribution >= 0.6 is 0 Å². The first-order chi connectivity index (χ1) is 14.5. The summed E-state index contributed by atoms with van der Waals surface area (Å²) in [6.07, 6.45) is 2.48. The van der Waals surface area contributed by atoms with Gasteiger partial charge in [0, 0.05) is 24.8 Å². The second-order valence-corrected chi connectivity index (χ2v) is 7.19. The fourth-order valence-electron chi connectivity index (χ4n) is 3.38. The molecule has 0 radical (unpaired) electrons. The van der Waals surface area contributed by atoms with Crippen LogP contribution < -0.4 is 10.1 Å². The lowest BCUT2D eigenvalue weighted by Crippen LogP contribution is -2.46. The van der Waals surface area contributed by atoms with Crippen LogP contribution in [0.25, 0.3) is 0 Å². The predicted octanol–water partition coefficient (Wildman–Crippen LogP) is 2.11. The van der Waals surface area contributed by atoms with Crippen LogP contribution in [-0.4, -0.2) is 54.4 Å². The monoisotopic (exact) mass is 414 g/mol. The van der Waals surface area contributed by atoms with Gasteiger partial charge in [0.2, 0.25) is 0 Å². The van der Waals surface area contributed by atoms with E-state index in [0.29, 0.717) is 6.61 Å². The molecule has 160 valence electrons. The van der Waals surface area contributed by atoms with Gasteiger partial charge in [0.05, 0.1) is 13.7 Å². The zero-order valence-corrected chi connectivity index (χ0v) is 17.0. The molecule has 3 atom stereocenters. The first-order valence-corrected chi connectivity index (χ1v) is 9.84. The van der Waals surface area contributed by atoms with Gasteiger partial charge in [0.25, 0.3) is 5.91 Å². The predicted molar refractivity (Wildman–Crippen MR) is 108 cm³/mol. The van der Waals surface area contributed by atoms with Crippen molar-refractivity contribution in [2.75, 3.05) is 20.3 Å². The lowest BCUT2D eigenvalue weighted by Gasteiger charge is -2.24. The molecular weight excluding hydrogens is 388 g/mol. The van der Waals surface area contributed by atoms with Crippen molar-refractivity contribution in [1.29, 1.82) is 0 Å². The third-order valence-corrected chi connectivity index (χ3v) is 5.14. The number of aromatic hydroxyl groups is 1. The summed E-state index contributed by atoms with van der Waals surface area (Å²) in [5, 5.41) is 12.7. The fourth-order valence-corrected chi connectivity index (χ4v) is 3.38. The molecule has 2 aromatic rings. The number of hydrogen-bond donors (Lipinski definition) is 2. The number of amides is 1. The van der Waals surface area contributed by atoms with Gasteiger partial charge in [-0.05, 0) is 25.3 Å². The largest absolute Gasteiger partial charge is 0.503 e. The first-order valence-electron chi connectivity index (χ1n) is 9.84. The number of nitrogens with zero attached hydrogens (tertiary/aromatic N) is 1. The average Bonchev–Trinajstić information content (AvgIpc) is 2.80. The van der Waals surface area contributed by atoms with Crippen LogP contribution in [0.1, 0.15) is 29.4 Å². The van der Waals surface area contributed by atoms with Gasteiger partial charge < -0.3 is 24.6 Å². The van der Waals surface area contributed by atoms with Crippen molar-refractivity contribution in [3.8, 4) is 11.5 Å². The number of rotatable bonds is 5. The maximum atomic E-state index is 12.7. The Balaban J connectivity index is 1.68. The molecule has 2 heterocycles. The van der Waals surface area contributed by atoms with E-state index in [-0.39, 0.29) is 30.1 Å². The number of carbonyl (C=O) groups excluding carboxylic acids is 2. The molecule has 1 aromatic heterocycles. The summed E-state index contributed by atoms with van der Waals surface area (Å²) >= 11 is 0. The molecule has 3 rings (SSSR count). The summed E-state index contributed by atoms with van der Waals surface area (Å²) in [4.78, 5) is 29.1. The van der Waals surface area contributed by atoms with Crippen LogP contribution in [0.3, 0.4) is 0 Å². The second-order valence-electron chi connectivity index (χ2n) is 7.19. The Morgan fingerprint density at radius 3 is 2.80 bits per heavy atom. The van der Waals surface area contributed by atoms with E-state index in [1.54, 1.807) is 0 Å². The minimum atomic E-state index is -1.01. The Morgan fingerprint density at radius 1 is 1.30 bits per heavy atom.